The number of hydrogen-bond acceptors (Lipinski definition) is 8. The fourth-order valence-corrected chi connectivity index (χ4v) is 5.22. The molecule has 1 saturated heterocycles. The Bertz CT molecular complexity index is 1750. The number of likely N-dealkylation sites (N-methyl/N-ethyl adjacent to an activating group) is 1. The SMILES string of the molecule is CN(CC(=O)OC(C)(C)C)C(=O)c1ccc(C(=O)OC[N+]2(c3cc(=O)c4cccc(-c5ccccc5)c4o3)CCOCC2)cc1. The van der Waals surface area contributed by atoms with Crippen LogP contribution >= 0.6 is 0 Å². The van der Waals surface area contributed by atoms with Crippen LogP contribution in [-0.2, 0) is 19.0 Å². The largest absolute Gasteiger partial charge is 0.459 e. The van der Waals surface area contributed by atoms with E-state index in [1.54, 1.807) is 26.8 Å². The van der Waals surface area contributed by atoms with Crippen LogP contribution in [0.2, 0.25) is 0 Å². The third-order valence-electron chi connectivity index (χ3n) is 7.56. The van der Waals surface area contributed by atoms with Gasteiger partial charge < -0.3 is 23.5 Å². The third-order valence-corrected chi connectivity index (χ3v) is 7.56. The first-order chi connectivity index (χ1) is 21.5. The summed E-state index contributed by atoms with van der Waals surface area (Å²) in [5.41, 5.74) is 1.90. The van der Waals surface area contributed by atoms with Crippen LogP contribution in [0.5, 0.6) is 0 Å². The number of rotatable bonds is 8. The topological polar surface area (TPSA) is 112 Å². The van der Waals surface area contributed by atoms with Gasteiger partial charge >= 0.3 is 17.8 Å². The van der Waals surface area contributed by atoms with E-state index in [4.69, 9.17) is 18.6 Å². The Balaban J connectivity index is 1.34. The van der Waals surface area contributed by atoms with Crippen molar-refractivity contribution in [3.05, 3.63) is 100 Å². The highest BCUT2D eigenvalue weighted by Gasteiger charge is 2.38. The molecule has 0 atom stereocenters. The number of para-hydroxylation sites is 1. The maximum Gasteiger partial charge on any atom is 0.342 e. The number of carbonyl (C=O) groups excluding carboxylic acids is 3. The molecule has 0 bridgehead atoms. The van der Waals surface area contributed by atoms with Gasteiger partial charge in [-0.25, -0.2) is 9.28 Å². The Morgan fingerprint density at radius 2 is 1.56 bits per heavy atom. The van der Waals surface area contributed by atoms with Crippen molar-refractivity contribution in [3.63, 3.8) is 0 Å². The summed E-state index contributed by atoms with van der Waals surface area (Å²) in [6, 6.07) is 22.7. The van der Waals surface area contributed by atoms with E-state index in [1.165, 1.54) is 42.3 Å². The molecule has 1 amide bonds. The molecule has 3 aromatic carbocycles. The van der Waals surface area contributed by atoms with E-state index in [0.717, 1.165) is 11.1 Å². The first-order valence-electron chi connectivity index (χ1n) is 14.8. The number of carbonyl (C=O) groups is 3. The van der Waals surface area contributed by atoms with Gasteiger partial charge in [0.1, 0.15) is 25.2 Å². The zero-order chi connectivity index (χ0) is 32.2. The minimum atomic E-state index is -0.657. The van der Waals surface area contributed by atoms with Crippen molar-refractivity contribution in [2.75, 3.05) is 46.6 Å². The highest BCUT2D eigenvalue weighted by molar-refractivity contribution is 5.97. The first kappa shape index (κ1) is 31.6. The molecule has 5 rings (SSSR count). The Kier molecular flexibility index (Phi) is 9.17. The smallest absolute Gasteiger partial charge is 0.342 e. The lowest BCUT2D eigenvalue weighted by atomic mass is 10.0. The van der Waals surface area contributed by atoms with Crippen molar-refractivity contribution >= 4 is 34.7 Å². The quantitative estimate of drug-likeness (QED) is 0.201. The predicted octanol–water partition coefficient (Wildman–Crippen LogP) is 5.03. The summed E-state index contributed by atoms with van der Waals surface area (Å²) in [4.78, 5) is 52.7. The van der Waals surface area contributed by atoms with Crippen LogP contribution in [0.4, 0.5) is 5.88 Å². The average molecular weight is 614 g/mol. The van der Waals surface area contributed by atoms with Gasteiger partial charge in [-0.15, -0.1) is 0 Å². The fourth-order valence-electron chi connectivity index (χ4n) is 5.22. The third kappa shape index (κ3) is 7.30. The van der Waals surface area contributed by atoms with Gasteiger partial charge in [-0.05, 0) is 56.7 Å². The fraction of sp³-hybridized carbons (Fsp3) is 0.314. The second kappa shape index (κ2) is 13.1. The van der Waals surface area contributed by atoms with E-state index in [2.05, 4.69) is 0 Å². The second-order valence-corrected chi connectivity index (χ2v) is 12.1. The number of esters is 2. The van der Waals surface area contributed by atoms with Crippen LogP contribution in [0, 0.1) is 0 Å². The molecule has 0 spiro atoms. The summed E-state index contributed by atoms with van der Waals surface area (Å²) < 4.78 is 23.3. The molecule has 0 aliphatic carbocycles. The van der Waals surface area contributed by atoms with Crippen molar-refractivity contribution in [1.82, 2.24) is 9.38 Å². The number of quaternary nitrogens is 1. The summed E-state index contributed by atoms with van der Waals surface area (Å²) in [5, 5.41) is 0.467. The number of fused-ring (bicyclic) bond motifs is 1. The molecule has 234 valence electrons. The molecule has 0 unspecified atom stereocenters. The maximum absolute atomic E-state index is 13.3. The van der Waals surface area contributed by atoms with Crippen LogP contribution in [0.25, 0.3) is 22.1 Å². The van der Waals surface area contributed by atoms with Gasteiger partial charge in [0.25, 0.3) is 5.91 Å². The second-order valence-electron chi connectivity index (χ2n) is 12.1. The van der Waals surface area contributed by atoms with Crippen molar-refractivity contribution in [3.8, 4) is 11.1 Å². The van der Waals surface area contributed by atoms with Crippen molar-refractivity contribution < 1.29 is 33.0 Å². The number of hydrogen-bond donors (Lipinski definition) is 0. The molecule has 1 fully saturated rings. The van der Waals surface area contributed by atoms with E-state index >= 15 is 0 Å². The van der Waals surface area contributed by atoms with Crippen LogP contribution in [0.15, 0.2) is 88.1 Å². The number of nitrogens with zero attached hydrogens (tertiary/aromatic N) is 2. The minimum absolute atomic E-state index is 0.0799. The summed E-state index contributed by atoms with van der Waals surface area (Å²) in [6.45, 7) is 6.65. The monoisotopic (exact) mass is 613 g/mol. The average Bonchev–Trinajstić information content (AvgIpc) is 3.03. The van der Waals surface area contributed by atoms with Gasteiger partial charge in [0.2, 0.25) is 6.73 Å². The zero-order valence-corrected chi connectivity index (χ0v) is 25.9. The molecule has 2 heterocycles. The first-order valence-corrected chi connectivity index (χ1v) is 14.8. The van der Waals surface area contributed by atoms with Gasteiger partial charge in [0, 0.05) is 18.2 Å². The Morgan fingerprint density at radius 1 is 0.889 bits per heavy atom. The molecule has 10 heteroatoms. The van der Waals surface area contributed by atoms with Gasteiger partial charge in [-0.2, -0.15) is 0 Å². The van der Waals surface area contributed by atoms with E-state index in [0.29, 0.717) is 48.7 Å². The van der Waals surface area contributed by atoms with Gasteiger partial charge in [0.05, 0.1) is 30.2 Å². The summed E-state index contributed by atoms with van der Waals surface area (Å²) >= 11 is 0. The van der Waals surface area contributed by atoms with E-state index in [1.807, 2.05) is 42.5 Å². The molecule has 1 aromatic heterocycles. The maximum atomic E-state index is 13.3. The van der Waals surface area contributed by atoms with E-state index < -0.39 is 17.5 Å². The van der Waals surface area contributed by atoms with Gasteiger partial charge in [0.15, 0.2) is 11.0 Å². The number of amides is 1. The number of ether oxygens (including phenoxy) is 3. The molecular formula is C35H37N2O8+. The van der Waals surface area contributed by atoms with Crippen molar-refractivity contribution in [2.45, 2.75) is 26.4 Å². The van der Waals surface area contributed by atoms with Gasteiger partial charge in [-0.1, -0.05) is 42.5 Å². The van der Waals surface area contributed by atoms with E-state index in [9.17, 15) is 19.2 Å². The Morgan fingerprint density at radius 3 is 2.22 bits per heavy atom. The summed E-state index contributed by atoms with van der Waals surface area (Å²) in [6.07, 6.45) is 0. The molecule has 0 radical (unpaired) electrons. The molecule has 45 heavy (non-hydrogen) atoms. The van der Waals surface area contributed by atoms with Crippen LogP contribution in [0.1, 0.15) is 41.5 Å². The predicted molar refractivity (Wildman–Crippen MR) is 170 cm³/mol. The normalized spacial score (nSPS) is 14.5. The van der Waals surface area contributed by atoms with Crippen LogP contribution in [-0.4, -0.2) is 75.0 Å². The number of morpholine rings is 1. The molecule has 10 nitrogen and oxygen atoms in total. The van der Waals surface area contributed by atoms with Crippen LogP contribution in [0.3, 0.4) is 0 Å². The highest BCUT2D eigenvalue weighted by atomic mass is 16.6. The minimum Gasteiger partial charge on any atom is -0.459 e. The molecule has 0 saturated carbocycles. The summed E-state index contributed by atoms with van der Waals surface area (Å²) in [7, 11) is 1.51. The Labute approximate surface area is 261 Å². The van der Waals surface area contributed by atoms with Gasteiger partial charge in [-0.3, -0.25) is 14.4 Å². The molecule has 4 aromatic rings. The number of benzene rings is 3. The lowest BCUT2D eigenvalue weighted by Gasteiger charge is -2.37. The van der Waals surface area contributed by atoms with E-state index in [-0.39, 0.29) is 34.7 Å². The zero-order valence-electron chi connectivity index (χ0n) is 25.9. The molecular weight excluding hydrogens is 576 g/mol. The lowest BCUT2D eigenvalue weighted by molar-refractivity contribution is -0.155. The standard InChI is InChI=1S/C35H37N2O8/c1-35(2,3)45-31(39)22-36(4)33(40)25-13-15-26(16-14-25)34(41)43-23-37(17-19-42-20-18-37)30-21-29(38)28-12-8-11-27(32(28)44-30)24-9-6-5-7-10-24/h5-16,21H,17-20,22-23H2,1-4H3/q+1. The molecule has 1 aliphatic heterocycles. The van der Waals surface area contributed by atoms with Crippen molar-refractivity contribution in [1.29, 1.82) is 0 Å². The molecule has 0 N–H and O–H groups in total. The Hall–Kier alpha value is -4.80. The molecule has 1 aliphatic rings. The highest BCUT2D eigenvalue weighted by Crippen LogP contribution is 2.33. The lowest BCUT2D eigenvalue weighted by Crippen LogP contribution is -2.58. The van der Waals surface area contributed by atoms with Crippen molar-refractivity contribution in [2.24, 2.45) is 0 Å². The summed E-state index contributed by atoms with van der Waals surface area (Å²) in [5.74, 6) is -1.11. The van der Waals surface area contributed by atoms with Crippen LogP contribution < -0.4 is 9.91 Å².